The second-order valence-electron chi connectivity index (χ2n) is 6.50. The first-order chi connectivity index (χ1) is 13.5. The Morgan fingerprint density at radius 1 is 0.857 bits per heavy atom. The summed E-state index contributed by atoms with van der Waals surface area (Å²) in [6.07, 6.45) is 0. The molecule has 136 valence electrons. The van der Waals surface area contributed by atoms with Crippen LogP contribution in [0, 0.1) is 17.3 Å². The van der Waals surface area contributed by atoms with Gasteiger partial charge in [0.2, 0.25) is 0 Å². The van der Waals surface area contributed by atoms with Crippen LogP contribution >= 0.6 is 45.2 Å². The van der Waals surface area contributed by atoms with Gasteiger partial charge in [0.05, 0.1) is 16.0 Å². The third-order valence-electron chi connectivity index (χ3n) is 4.81. The molecular formula is C21H11I2N3O2. The molecule has 0 aliphatic rings. The molecule has 0 spiro atoms. The number of aromatic nitrogens is 2. The summed E-state index contributed by atoms with van der Waals surface area (Å²) >= 11 is 4.61. The van der Waals surface area contributed by atoms with Crippen LogP contribution in [-0.2, 0) is 0 Å². The molecule has 1 heterocycles. The molecule has 0 saturated heterocycles. The van der Waals surface area contributed by atoms with E-state index in [1.54, 1.807) is 12.1 Å². The molecule has 5 rings (SSSR count). The van der Waals surface area contributed by atoms with Crippen LogP contribution < -0.4 is 0 Å². The van der Waals surface area contributed by atoms with Gasteiger partial charge in [-0.2, -0.15) is 0 Å². The third kappa shape index (κ3) is 2.84. The number of halogens is 2. The van der Waals surface area contributed by atoms with Gasteiger partial charge in [0, 0.05) is 35.6 Å². The lowest BCUT2D eigenvalue weighted by atomic mass is 10.0. The fraction of sp³-hybridized carbons (Fsp3) is 0. The zero-order valence-corrected chi connectivity index (χ0v) is 18.6. The molecule has 4 aromatic carbocycles. The van der Waals surface area contributed by atoms with Crippen molar-refractivity contribution < 1.29 is 4.92 Å². The number of non-ortho nitro benzene ring substituents is 1. The van der Waals surface area contributed by atoms with Crippen LogP contribution in [0.1, 0.15) is 0 Å². The number of hydrogen-bond donors (Lipinski definition) is 1. The molecule has 1 aromatic heterocycles. The SMILES string of the molecule is O=[N+]([O-])c1cccc(-c2nc3c4cc(I)ccc4c4ccc(I)cc4c3[nH]2)c1. The number of nitro groups is 1. The van der Waals surface area contributed by atoms with Crippen LogP contribution in [0.15, 0.2) is 60.7 Å². The Balaban J connectivity index is 1.90. The Bertz CT molecular complexity index is 1350. The molecule has 0 aliphatic heterocycles. The van der Waals surface area contributed by atoms with Gasteiger partial charge in [0.25, 0.3) is 5.69 Å². The summed E-state index contributed by atoms with van der Waals surface area (Å²) < 4.78 is 2.28. The minimum atomic E-state index is -0.387. The monoisotopic (exact) mass is 591 g/mol. The molecule has 0 fully saturated rings. The topological polar surface area (TPSA) is 71.8 Å². The van der Waals surface area contributed by atoms with E-state index in [1.807, 2.05) is 6.07 Å². The van der Waals surface area contributed by atoms with Gasteiger partial charge < -0.3 is 4.98 Å². The van der Waals surface area contributed by atoms with E-state index >= 15 is 0 Å². The Hall–Kier alpha value is -2.27. The summed E-state index contributed by atoms with van der Waals surface area (Å²) in [4.78, 5) is 19.0. The van der Waals surface area contributed by atoms with Crippen LogP contribution in [-0.4, -0.2) is 14.9 Å². The van der Waals surface area contributed by atoms with Crippen LogP contribution in [0.4, 0.5) is 5.69 Å². The van der Waals surface area contributed by atoms with Gasteiger partial charge in [-0.1, -0.05) is 24.3 Å². The lowest BCUT2D eigenvalue weighted by molar-refractivity contribution is -0.384. The number of imidazole rings is 1. The predicted octanol–water partition coefficient (Wildman–Crippen LogP) is 6.65. The third-order valence-corrected chi connectivity index (χ3v) is 6.15. The van der Waals surface area contributed by atoms with Crippen molar-refractivity contribution in [2.24, 2.45) is 0 Å². The van der Waals surface area contributed by atoms with Gasteiger partial charge in [-0.05, 0) is 80.2 Å². The number of nitro benzene ring substituents is 1. The van der Waals surface area contributed by atoms with Gasteiger partial charge in [0.1, 0.15) is 5.82 Å². The van der Waals surface area contributed by atoms with Crippen molar-refractivity contribution in [1.29, 1.82) is 0 Å². The minimum absolute atomic E-state index is 0.0526. The zero-order chi connectivity index (χ0) is 19.4. The largest absolute Gasteiger partial charge is 0.337 e. The first kappa shape index (κ1) is 17.8. The van der Waals surface area contributed by atoms with Crippen molar-refractivity contribution in [3.63, 3.8) is 0 Å². The van der Waals surface area contributed by atoms with E-state index in [1.165, 1.54) is 6.07 Å². The second kappa shape index (κ2) is 6.66. The maximum absolute atomic E-state index is 11.2. The Morgan fingerprint density at radius 2 is 1.54 bits per heavy atom. The molecule has 0 saturated carbocycles. The minimum Gasteiger partial charge on any atom is -0.337 e. The summed E-state index contributed by atoms with van der Waals surface area (Å²) in [6, 6.07) is 19.3. The molecule has 5 nitrogen and oxygen atoms in total. The maximum atomic E-state index is 11.2. The average molecular weight is 591 g/mol. The number of benzene rings is 4. The van der Waals surface area contributed by atoms with Crippen molar-refractivity contribution >= 4 is 83.4 Å². The van der Waals surface area contributed by atoms with Crippen LogP contribution in [0.2, 0.25) is 0 Å². The van der Waals surface area contributed by atoms with Crippen LogP contribution in [0.25, 0.3) is 44.0 Å². The predicted molar refractivity (Wildman–Crippen MR) is 129 cm³/mol. The van der Waals surface area contributed by atoms with E-state index in [9.17, 15) is 10.1 Å². The first-order valence-corrected chi connectivity index (χ1v) is 10.6. The van der Waals surface area contributed by atoms with Gasteiger partial charge in [-0.15, -0.1) is 0 Å². The lowest BCUT2D eigenvalue weighted by Gasteiger charge is -2.07. The van der Waals surface area contributed by atoms with Gasteiger partial charge in [-0.3, -0.25) is 10.1 Å². The molecular weight excluding hydrogens is 580 g/mol. The molecule has 1 N–H and O–H groups in total. The smallest absolute Gasteiger partial charge is 0.270 e. The van der Waals surface area contributed by atoms with Crippen molar-refractivity contribution in [1.82, 2.24) is 9.97 Å². The fourth-order valence-electron chi connectivity index (χ4n) is 3.57. The summed E-state index contributed by atoms with van der Waals surface area (Å²) in [7, 11) is 0. The molecule has 0 unspecified atom stereocenters. The van der Waals surface area contributed by atoms with Crippen LogP contribution in [0.5, 0.6) is 0 Å². The first-order valence-electron chi connectivity index (χ1n) is 8.46. The second-order valence-corrected chi connectivity index (χ2v) is 8.99. The van der Waals surface area contributed by atoms with Crippen molar-refractivity contribution in [2.45, 2.75) is 0 Å². The number of H-pyrrole nitrogens is 1. The van der Waals surface area contributed by atoms with E-state index in [-0.39, 0.29) is 10.6 Å². The van der Waals surface area contributed by atoms with E-state index in [4.69, 9.17) is 4.98 Å². The maximum Gasteiger partial charge on any atom is 0.270 e. The number of rotatable bonds is 2. The quantitative estimate of drug-likeness (QED) is 0.108. The van der Waals surface area contributed by atoms with E-state index in [0.717, 1.165) is 39.7 Å². The fourth-order valence-corrected chi connectivity index (χ4v) is 4.55. The molecule has 7 heteroatoms. The number of fused-ring (bicyclic) bond motifs is 6. The Morgan fingerprint density at radius 3 is 2.25 bits per heavy atom. The molecule has 0 atom stereocenters. The summed E-state index contributed by atoms with van der Waals surface area (Å²) in [5, 5.41) is 15.6. The van der Waals surface area contributed by atoms with E-state index in [2.05, 4.69) is 86.6 Å². The number of aromatic amines is 1. The molecule has 28 heavy (non-hydrogen) atoms. The number of nitrogens with zero attached hydrogens (tertiary/aromatic N) is 2. The highest BCUT2D eigenvalue weighted by Crippen LogP contribution is 2.37. The normalized spacial score (nSPS) is 11.5. The number of hydrogen-bond acceptors (Lipinski definition) is 3. The highest BCUT2D eigenvalue weighted by atomic mass is 127. The molecule has 0 bridgehead atoms. The molecule has 0 radical (unpaired) electrons. The lowest BCUT2D eigenvalue weighted by Crippen LogP contribution is -1.88. The highest BCUT2D eigenvalue weighted by molar-refractivity contribution is 14.1. The van der Waals surface area contributed by atoms with Crippen LogP contribution in [0.3, 0.4) is 0 Å². The van der Waals surface area contributed by atoms with Gasteiger partial charge in [-0.25, -0.2) is 4.98 Å². The Kier molecular flexibility index (Phi) is 4.23. The van der Waals surface area contributed by atoms with E-state index < -0.39 is 0 Å². The highest BCUT2D eigenvalue weighted by Gasteiger charge is 2.16. The summed E-state index contributed by atoms with van der Waals surface area (Å²) in [6.45, 7) is 0. The molecule has 5 aromatic rings. The molecule has 0 aliphatic carbocycles. The molecule has 0 amide bonds. The van der Waals surface area contributed by atoms with E-state index in [0.29, 0.717) is 11.4 Å². The Labute approximate surface area is 186 Å². The van der Waals surface area contributed by atoms with Gasteiger partial charge in [0.15, 0.2) is 0 Å². The van der Waals surface area contributed by atoms with Crippen molar-refractivity contribution in [3.05, 3.63) is 77.9 Å². The number of nitrogens with one attached hydrogen (secondary N) is 1. The summed E-state index contributed by atoms with van der Waals surface area (Å²) in [5.74, 6) is 0.630. The van der Waals surface area contributed by atoms with Crippen molar-refractivity contribution in [2.75, 3.05) is 0 Å². The zero-order valence-electron chi connectivity index (χ0n) is 14.2. The van der Waals surface area contributed by atoms with Gasteiger partial charge >= 0.3 is 0 Å². The average Bonchev–Trinajstić information content (AvgIpc) is 3.14. The van der Waals surface area contributed by atoms with Crippen molar-refractivity contribution in [3.8, 4) is 11.4 Å². The standard InChI is InChI=1S/C21H11I2N3O2/c22-12-4-6-15-16-7-5-13(23)10-18(16)20-19(17(15)9-12)24-21(25-20)11-2-1-3-14(8-11)26(27)28/h1-10H,(H,24,25). The summed E-state index contributed by atoms with van der Waals surface area (Å²) in [5.41, 5.74) is 2.58.